The quantitative estimate of drug-likeness (QED) is 0.764. The molecule has 4 heteroatoms. The van der Waals surface area contributed by atoms with E-state index in [-0.39, 0.29) is 0 Å². The molecular weight excluding hydrogens is 250 g/mol. The lowest BCUT2D eigenvalue weighted by molar-refractivity contribution is 0.428. The summed E-state index contributed by atoms with van der Waals surface area (Å²) in [5.41, 5.74) is 2.75. The van der Waals surface area contributed by atoms with E-state index in [1.165, 1.54) is 24.0 Å². The fraction of sp³-hybridized carbons (Fsp3) is 0.200. The van der Waals surface area contributed by atoms with Gasteiger partial charge in [0.05, 0.1) is 0 Å². The predicted molar refractivity (Wildman–Crippen MR) is 68.2 cm³/mol. The Morgan fingerprint density at radius 1 is 0.842 bits per heavy atom. The van der Waals surface area contributed by atoms with Gasteiger partial charge in [-0.2, -0.15) is 0 Å². The SMILES string of the molecule is Oc1ccc(F)cc1F.Oc1ccc2c(c1)CCC2. The van der Waals surface area contributed by atoms with Crippen molar-refractivity contribution in [1.29, 1.82) is 0 Å². The zero-order valence-corrected chi connectivity index (χ0v) is 10.2. The van der Waals surface area contributed by atoms with Crippen molar-refractivity contribution < 1.29 is 19.0 Å². The van der Waals surface area contributed by atoms with Crippen molar-refractivity contribution in [3.63, 3.8) is 0 Å². The Balaban J connectivity index is 0.000000141. The van der Waals surface area contributed by atoms with Gasteiger partial charge in [0.2, 0.25) is 0 Å². The maximum Gasteiger partial charge on any atom is 0.167 e. The highest BCUT2D eigenvalue weighted by Gasteiger charge is 2.09. The van der Waals surface area contributed by atoms with Crippen molar-refractivity contribution in [3.8, 4) is 11.5 Å². The van der Waals surface area contributed by atoms with Gasteiger partial charge in [0, 0.05) is 6.07 Å². The van der Waals surface area contributed by atoms with Crippen LogP contribution in [0.15, 0.2) is 36.4 Å². The average Bonchev–Trinajstić information content (AvgIpc) is 2.82. The van der Waals surface area contributed by atoms with Crippen LogP contribution in [0.2, 0.25) is 0 Å². The fourth-order valence-electron chi connectivity index (χ4n) is 2.04. The number of fused-ring (bicyclic) bond motifs is 1. The van der Waals surface area contributed by atoms with Crippen LogP contribution < -0.4 is 0 Å². The molecule has 0 atom stereocenters. The Hall–Kier alpha value is -2.10. The number of hydrogen-bond donors (Lipinski definition) is 2. The van der Waals surface area contributed by atoms with Gasteiger partial charge in [0.15, 0.2) is 11.6 Å². The van der Waals surface area contributed by atoms with E-state index >= 15 is 0 Å². The summed E-state index contributed by atoms with van der Waals surface area (Å²) < 4.78 is 24.1. The normalized spacial score (nSPS) is 12.5. The monoisotopic (exact) mass is 264 g/mol. The number of aromatic hydroxyl groups is 2. The van der Waals surface area contributed by atoms with Crippen molar-refractivity contribution in [2.45, 2.75) is 19.3 Å². The Labute approximate surface area is 110 Å². The molecule has 0 radical (unpaired) electrons. The summed E-state index contributed by atoms with van der Waals surface area (Å²) in [5, 5.41) is 17.6. The molecule has 0 aromatic heterocycles. The Morgan fingerprint density at radius 3 is 2.26 bits per heavy atom. The zero-order chi connectivity index (χ0) is 13.8. The highest BCUT2D eigenvalue weighted by atomic mass is 19.1. The minimum absolute atomic E-state index is 0.403. The standard InChI is InChI=1S/C9H10O.C6H4F2O/c10-9-5-4-7-2-1-3-8(7)6-9;7-4-1-2-6(9)5(8)3-4/h4-6,10H,1-3H2;1-3,9H. The van der Waals surface area contributed by atoms with E-state index in [0.29, 0.717) is 11.8 Å². The van der Waals surface area contributed by atoms with Gasteiger partial charge in [-0.3, -0.25) is 0 Å². The maximum atomic E-state index is 12.1. The lowest BCUT2D eigenvalue weighted by Crippen LogP contribution is -1.78. The number of rotatable bonds is 0. The van der Waals surface area contributed by atoms with Gasteiger partial charge in [-0.25, -0.2) is 8.78 Å². The first kappa shape index (κ1) is 13.3. The minimum atomic E-state index is -0.935. The van der Waals surface area contributed by atoms with E-state index in [1.807, 2.05) is 12.1 Å². The molecule has 0 amide bonds. The van der Waals surface area contributed by atoms with Crippen LogP contribution in [-0.2, 0) is 12.8 Å². The summed E-state index contributed by atoms with van der Waals surface area (Å²) >= 11 is 0. The Morgan fingerprint density at radius 2 is 1.58 bits per heavy atom. The second-order valence-corrected chi connectivity index (χ2v) is 4.40. The van der Waals surface area contributed by atoms with Crippen LogP contribution in [0.4, 0.5) is 8.78 Å². The van der Waals surface area contributed by atoms with Gasteiger partial charge in [-0.05, 0) is 54.7 Å². The third-order valence-electron chi connectivity index (χ3n) is 2.99. The molecule has 19 heavy (non-hydrogen) atoms. The smallest absolute Gasteiger partial charge is 0.167 e. The number of halogens is 2. The highest BCUT2D eigenvalue weighted by molar-refractivity contribution is 5.37. The molecule has 0 unspecified atom stereocenters. The predicted octanol–water partition coefficient (Wildman–Crippen LogP) is 3.55. The third-order valence-corrected chi connectivity index (χ3v) is 2.99. The number of benzene rings is 2. The number of aryl methyl sites for hydroxylation is 2. The topological polar surface area (TPSA) is 40.5 Å². The summed E-state index contributed by atoms with van der Waals surface area (Å²) in [6.07, 6.45) is 3.58. The molecular formula is C15H14F2O2. The molecule has 0 saturated carbocycles. The van der Waals surface area contributed by atoms with E-state index < -0.39 is 17.4 Å². The van der Waals surface area contributed by atoms with Crippen molar-refractivity contribution in [1.82, 2.24) is 0 Å². The molecule has 0 heterocycles. The van der Waals surface area contributed by atoms with Crippen LogP contribution in [-0.4, -0.2) is 10.2 Å². The molecule has 2 N–H and O–H groups in total. The van der Waals surface area contributed by atoms with Gasteiger partial charge in [-0.15, -0.1) is 0 Å². The van der Waals surface area contributed by atoms with Crippen LogP contribution in [0.1, 0.15) is 17.5 Å². The number of hydrogen-bond acceptors (Lipinski definition) is 2. The largest absolute Gasteiger partial charge is 0.508 e. The van der Waals surface area contributed by atoms with Crippen molar-refractivity contribution in [2.24, 2.45) is 0 Å². The lowest BCUT2D eigenvalue weighted by atomic mass is 10.1. The summed E-state index contributed by atoms with van der Waals surface area (Å²) in [6.45, 7) is 0. The lowest BCUT2D eigenvalue weighted by Gasteiger charge is -1.97. The van der Waals surface area contributed by atoms with Gasteiger partial charge in [0.25, 0.3) is 0 Å². The van der Waals surface area contributed by atoms with Crippen molar-refractivity contribution in [3.05, 3.63) is 59.2 Å². The van der Waals surface area contributed by atoms with E-state index in [2.05, 4.69) is 0 Å². The van der Waals surface area contributed by atoms with E-state index in [1.54, 1.807) is 6.07 Å². The highest BCUT2D eigenvalue weighted by Crippen LogP contribution is 2.24. The van der Waals surface area contributed by atoms with Gasteiger partial charge < -0.3 is 10.2 Å². The Kier molecular flexibility index (Phi) is 4.00. The zero-order valence-electron chi connectivity index (χ0n) is 10.2. The molecule has 0 aliphatic heterocycles. The number of phenols is 2. The molecule has 0 bridgehead atoms. The van der Waals surface area contributed by atoms with Crippen LogP contribution in [0.5, 0.6) is 11.5 Å². The Bertz CT molecular complexity index is 582. The summed E-state index contributed by atoms with van der Waals surface area (Å²) in [4.78, 5) is 0. The van der Waals surface area contributed by atoms with Crippen molar-refractivity contribution >= 4 is 0 Å². The molecule has 3 rings (SSSR count). The molecule has 0 spiro atoms. The van der Waals surface area contributed by atoms with E-state index in [9.17, 15) is 8.78 Å². The molecule has 1 aliphatic carbocycles. The van der Waals surface area contributed by atoms with Crippen molar-refractivity contribution in [2.75, 3.05) is 0 Å². The summed E-state index contributed by atoms with van der Waals surface area (Å²) in [5.74, 6) is -1.75. The second kappa shape index (κ2) is 5.69. The molecule has 0 fully saturated rings. The minimum Gasteiger partial charge on any atom is -0.508 e. The number of phenolic OH excluding ortho intramolecular Hbond substituents is 2. The molecule has 2 aromatic rings. The molecule has 0 saturated heterocycles. The van der Waals surface area contributed by atoms with Crippen LogP contribution in [0.3, 0.4) is 0 Å². The first-order chi connectivity index (χ1) is 9.06. The first-order valence-corrected chi connectivity index (χ1v) is 6.01. The molecule has 2 aromatic carbocycles. The summed E-state index contributed by atoms with van der Waals surface area (Å²) in [7, 11) is 0. The third kappa shape index (κ3) is 3.44. The first-order valence-electron chi connectivity index (χ1n) is 6.01. The van der Waals surface area contributed by atoms with Crippen LogP contribution in [0.25, 0.3) is 0 Å². The van der Waals surface area contributed by atoms with E-state index in [4.69, 9.17) is 10.2 Å². The maximum absolute atomic E-state index is 12.1. The molecule has 100 valence electrons. The van der Waals surface area contributed by atoms with Gasteiger partial charge in [-0.1, -0.05) is 6.07 Å². The molecule has 1 aliphatic rings. The fourth-order valence-corrected chi connectivity index (χ4v) is 2.04. The van der Waals surface area contributed by atoms with Gasteiger partial charge >= 0.3 is 0 Å². The van der Waals surface area contributed by atoms with Gasteiger partial charge in [0.1, 0.15) is 11.6 Å². The molecule has 2 nitrogen and oxygen atoms in total. The average molecular weight is 264 g/mol. The van der Waals surface area contributed by atoms with Crippen LogP contribution >= 0.6 is 0 Å². The van der Waals surface area contributed by atoms with Crippen LogP contribution in [0, 0.1) is 11.6 Å². The second-order valence-electron chi connectivity index (χ2n) is 4.40. The van der Waals surface area contributed by atoms with E-state index in [0.717, 1.165) is 18.6 Å². The summed E-state index contributed by atoms with van der Waals surface area (Å²) in [6, 6.07) is 8.24.